The summed E-state index contributed by atoms with van der Waals surface area (Å²) in [6.07, 6.45) is 11.0. The first-order valence-corrected chi connectivity index (χ1v) is 19.5. The average molecular weight is 722 g/mol. The topological polar surface area (TPSA) is 38.2 Å². The summed E-state index contributed by atoms with van der Waals surface area (Å²) < 4.78 is 9.17. The Morgan fingerprint density at radius 2 is 1.20 bits per heavy atom. The van der Waals surface area contributed by atoms with E-state index < -0.39 is 0 Å². The van der Waals surface area contributed by atoms with Crippen LogP contribution in [0.2, 0.25) is 0 Å². The summed E-state index contributed by atoms with van der Waals surface area (Å²) in [5.74, 6) is 1.04. The molecule has 1 aromatic heterocycles. The molecule has 7 aromatic carbocycles. The molecule has 0 saturated carbocycles. The van der Waals surface area contributed by atoms with Crippen molar-refractivity contribution >= 4 is 27.5 Å². The van der Waals surface area contributed by atoms with Crippen molar-refractivity contribution in [3.8, 4) is 33.7 Å². The van der Waals surface area contributed by atoms with Crippen molar-refractivity contribution in [1.29, 1.82) is 0 Å². The molecule has 3 heterocycles. The molecule has 0 fully saturated rings. The van der Waals surface area contributed by atoms with Gasteiger partial charge in [-0.3, -0.25) is 5.32 Å². The number of hydrogen-bond acceptors (Lipinski definition) is 3. The summed E-state index contributed by atoms with van der Waals surface area (Å²) in [5.41, 5.74) is 14.3. The molecule has 0 saturated heterocycles. The highest BCUT2D eigenvalue weighted by Crippen LogP contribution is 2.49. The number of nitrogens with zero attached hydrogens (tertiary/aromatic N) is 1. The number of allylic oxidation sites excluding steroid dienone is 2. The van der Waals surface area contributed by atoms with E-state index in [-0.39, 0.29) is 24.2 Å². The molecule has 0 radical (unpaired) electrons. The van der Waals surface area contributed by atoms with Gasteiger partial charge in [0.25, 0.3) is 0 Å². The molecule has 4 nitrogen and oxygen atoms in total. The van der Waals surface area contributed by atoms with Crippen LogP contribution in [0.15, 0.2) is 200 Å². The number of hydrogen-bond donors (Lipinski definition) is 2. The maximum absolute atomic E-state index is 6.72. The number of ether oxygens (including phenoxy) is 1. The predicted molar refractivity (Wildman–Crippen MR) is 230 cm³/mol. The summed E-state index contributed by atoms with van der Waals surface area (Å²) >= 11 is 0. The number of benzene rings is 7. The number of para-hydroxylation sites is 2. The van der Waals surface area contributed by atoms with Gasteiger partial charge >= 0.3 is 0 Å². The van der Waals surface area contributed by atoms with E-state index >= 15 is 0 Å². The zero-order chi connectivity index (χ0) is 37.0. The lowest BCUT2D eigenvalue weighted by molar-refractivity contribution is 0.236. The lowest BCUT2D eigenvalue weighted by atomic mass is 9.84. The van der Waals surface area contributed by atoms with Crippen molar-refractivity contribution in [3.05, 3.63) is 222 Å². The molecule has 1 aliphatic carbocycles. The van der Waals surface area contributed by atoms with Crippen LogP contribution in [0.1, 0.15) is 40.4 Å². The van der Waals surface area contributed by atoms with Gasteiger partial charge in [0.2, 0.25) is 0 Å². The van der Waals surface area contributed by atoms with E-state index in [1.807, 2.05) is 0 Å². The molecule has 4 unspecified atom stereocenters. The molecule has 0 amide bonds. The van der Waals surface area contributed by atoms with Crippen molar-refractivity contribution < 1.29 is 4.74 Å². The van der Waals surface area contributed by atoms with Crippen LogP contribution in [0.3, 0.4) is 0 Å². The van der Waals surface area contributed by atoms with Gasteiger partial charge in [-0.2, -0.15) is 0 Å². The molecule has 0 spiro atoms. The first-order chi connectivity index (χ1) is 27.8. The van der Waals surface area contributed by atoms with E-state index in [2.05, 4.69) is 215 Å². The number of aromatic nitrogens is 1. The van der Waals surface area contributed by atoms with E-state index in [4.69, 9.17) is 4.74 Å². The van der Waals surface area contributed by atoms with Gasteiger partial charge in [0, 0.05) is 39.2 Å². The van der Waals surface area contributed by atoms with Crippen molar-refractivity contribution in [1.82, 2.24) is 15.2 Å². The largest absolute Gasteiger partial charge is 0.485 e. The molecule has 0 bridgehead atoms. The van der Waals surface area contributed by atoms with Gasteiger partial charge in [-0.15, -0.1) is 0 Å². The van der Waals surface area contributed by atoms with Gasteiger partial charge in [0.05, 0.1) is 17.1 Å². The molecule has 2 N–H and O–H groups in total. The number of nitrogens with one attached hydrogen (secondary N) is 2. The first-order valence-electron chi connectivity index (χ1n) is 19.5. The van der Waals surface area contributed by atoms with Crippen LogP contribution in [0, 0.1) is 0 Å². The summed E-state index contributed by atoms with van der Waals surface area (Å²) in [4.78, 5) is 0. The Balaban J connectivity index is 0.978. The minimum atomic E-state index is -0.0548. The Bertz CT molecular complexity index is 2830. The quantitative estimate of drug-likeness (QED) is 0.186. The predicted octanol–water partition coefficient (Wildman–Crippen LogP) is 12.1. The minimum Gasteiger partial charge on any atom is -0.485 e. The third-order valence-electron chi connectivity index (χ3n) is 11.7. The molecular formula is C52H39N3O. The van der Waals surface area contributed by atoms with Crippen LogP contribution in [-0.4, -0.2) is 10.7 Å². The van der Waals surface area contributed by atoms with Gasteiger partial charge in [0.15, 0.2) is 0 Å². The zero-order valence-corrected chi connectivity index (χ0v) is 30.7. The molecular weight excluding hydrogens is 683 g/mol. The van der Waals surface area contributed by atoms with E-state index in [0.29, 0.717) is 0 Å². The van der Waals surface area contributed by atoms with Crippen LogP contribution < -0.4 is 15.4 Å². The Morgan fingerprint density at radius 1 is 0.536 bits per heavy atom. The van der Waals surface area contributed by atoms with Crippen LogP contribution in [-0.2, 0) is 0 Å². The Hall–Kier alpha value is -6.88. The first kappa shape index (κ1) is 32.5. The van der Waals surface area contributed by atoms with Gasteiger partial charge in [-0.25, -0.2) is 0 Å². The number of fused-ring (bicyclic) bond motifs is 9. The second-order valence-corrected chi connectivity index (χ2v) is 14.9. The van der Waals surface area contributed by atoms with Crippen LogP contribution in [0.5, 0.6) is 5.75 Å². The van der Waals surface area contributed by atoms with E-state index in [1.54, 1.807) is 0 Å². The smallest absolute Gasteiger partial charge is 0.128 e. The lowest BCUT2D eigenvalue weighted by Gasteiger charge is -2.33. The standard InChI is InChI=1S/C52H39N3O/c1-3-13-36(14-4-1)45-33-46(54-52(53-45)38-15-5-2-6-16-38)37-25-23-34(24-26-37)35-27-29-39(30-28-35)55-47-20-10-7-17-40(47)43-32-31-42-41-18-8-11-21-48(41)56-49-22-12-9-19-44(49)50(42)51(43)55/h1-33,41,45,48,52-54H. The van der Waals surface area contributed by atoms with Crippen molar-refractivity contribution in [2.45, 2.75) is 24.2 Å². The molecule has 11 rings (SSSR count). The summed E-state index contributed by atoms with van der Waals surface area (Å²) in [7, 11) is 0. The van der Waals surface area contributed by atoms with Gasteiger partial charge < -0.3 is 14.6 Å². The normalized spacial score (nSPS) is 19.6. The highest BCUT2D eigenvalue weighted by molar-refractivity contribution is 6.15. The maximum atomic E-state index is 6.72. The van der Waals surface area contributed by atoms with Crippen LogP contribution >= 0.6 is 0 Å². The Labute approximate surface area is 326 Å². The van der Waals surface area contributed by atoms with Crippen molar-refractivity contribution in [3.63, 3.8) is 0 Å². The Morgan fingerprint density at radius 3 is 2.00 bits per heavy atom. The van der Waals surface area contributed by atoms with Gasteiger partial charge in [-0.1, -0.05) is 164 Å². The second-order valence-electron chi connectivity index (χ2n) is 14.9. The molecule has 268 valence electrons. The summed E-state index contributed by atoms with van der Waals surface area (Å²) in [6, 6.07) is 61.3. The monoisotopic (exact) mass is 721 g/mol. The highest BCUT2D eigenvalue weighted by atomic mass is 16.5. The van der Waals surface area contributed by atoms with Gasteiger partial charge in [-0.05, 0) is 69.8 Å². The average Bonchev–Trinajstić information content (AvgIpc) is 3.53. The molecule has 2 aliphatic heterocycles. The second kappa shape index (κ2) is 13.5. The molecule has 56 heavy (non-hydrogen) atoms. The molecule has 4 atom stereocenters. The summed E-state index contributed by atoms with van der Waals surface area (Å²) in [5, 5.41) is 10.1. The molecule has 3 aliphatic rings. The molecule has 8 aromatic rings. The fraction of sp³-hybridized carbons (Fsp3) is 0.0769. The van der Waals surface area contributed by atoms with E-state index in [1.165, 1.54) is 55.2 Å². The van der Waals surface area contributed by atoms with E-state index in [0.717, 1.165) is 28.3 Å². The fourth-order valence-electron chi connectivity index (χ4n) is 8.95. The van der Waals surface area contributed by atoms with Gasteiger partial charge in [0.1, 0.15) is 18.0 Å². The van der Waals surface area contributed by atoms with Crippen LogP contribution in [0.25, 0.3) is 55.4 Å². The minimum absolute atomic E-state index is 0.0112. The maximum Gasteiger partial charge on any atom is 0.128 e. The molecule has 4 heteroatoms. The third kappa shape index (κ3) is 5.49. The van der Waals surface area contributed by atoms with Crippen molar-refractivity contribution in [2.75, 3.05) is 0 Å². The fourth-order valence-corrected chi connectivity index (χ4v) is 8.95. The zero-order valence-electron chi connectivity index (χ0n) is 30.7. The van der Waals surface area contributed by atoms with Crippen LogP contribution in [0.4, 0.5) is 0 Å². The lowest BCUT2D eigenvalue weighted by Crippen LogP contribution is -2.39. The third-order valence-corrected chi connectivity index (χ3v) is 11.7. The SMILES string of the molecule is C1=CC2Oc3ccccc3-c3c(ccc4c5ccccc5n(-c5ccc(-c6ccc(C7=CC(c8ccccc8)NC(c8ccccc8)N7)cc6)cc5)c34)C2C=C1. The van der Waals surface area contributed by atoms with Crippen molar-refractivity contribution in [2.24, 2.45) is 0 Å². The Kier molecular flexibility index (Phi) is 7.82. The number of rotatable bonds is 5. The highest BCUT2D eigenvalue weighted by Gasteiger charge is 2.32. The van der Waals surface area contributed by atoms with E-state index in [9.17, 15) is 0 Å². The summed E-state index contributed by atoms with van der Waals surface area (Å²) in [6.45, 7) is 0.